The normalized spacial score (nSPS) is 13.6. The number of para-hydroxylation sites is 2. The Hall–Kier alpha value is -2.12. The summed E-state index contributed by atoms with van der Waals surface area (Å²) >= 11 is 7.12. The van der Waals surface area contributed by atoms with Gasteiger partial charge in [0.15, 0.2) is 5.11 Å². The minimum absolute atomic E-state index is 0.275. The van der Waals surface area contributed by atoms with E-state index >= 15 is 0 Å². The molecular formula is C21H26N2O3S2. The van der Waals surface area contributed by atoms with E-state index in [-0.39, 0.29) is 5.97 Å². The lowest BCUT2D eigenvalue weighted by Crippen LogP contribution is -2.20. The maximum Gasteiger partial charge on any atom is 0.341 e. The van der Waals surface area contributed by atoms with Crippen molar-refractivity contribution in [2.45, 2.75) is 45.4 Å². The summed E-state index contributed by atoms with van der Waals surface area (Å²) in [5.41, 5.74) is 2.55. The molecule has 0 saturated heterocycles. The molecule has 5 nitrogen and oxygen atoms in total. The van der Waals surface area contributed by atoms with Crippen molar-refractivity contribution in [1.82, 2.24) is 0 Å². The number of anilines is 2. The van der Waals surface area contributed by atoms with Crippen molar-refractivity contribution in [3.63, 3.8) is 0 Å². The van der Waals surface area contributed by atoms with E-state index in [1.165, 1.54) is 17.7 Å². The minimum atomic E-state index is -0.275. The van der Waals surface area contributed by atoms with Crippen molar-refractivity contribution < 1.29 is 14.3 Å². The van der Waals surface area contributed by atoms with Crippen molar-refractivity contribution in [1.29, 1.82) is 0 Å². The fourth-order valence-electron chi connectivity index (χ4n) is 3.43. The Morgan fingerprint density at radius 3 is 2.64 bits per heavy atom. The van der Waals surface area contributed by atoms with Gasteiger partial charge in [-0.1, -0.05) is 25.0 Å². The van der Waals surface area contributed by atoms with E-state index < -0.39 is 0 Å². The molecule has 28 heavy (non-hydrogen) atoms. The van der Waals surface area contributed by atoms with Crippen LogP contribution >= 0.6 is 23.6 Å². The van der Waals surface area contributed by atoms with Gasteiger partial charge in [-0.3, -0.25) is 0 Å². The van der Waals surface area contributed by atoms with Crippen LogP contribution in [0.15, 0.2) is 24.3 Å². The van der Waals surface area contributed by atoms with Gasteiger partial charge in [0, 0.05) is 4.88 Å². The van der Waals surface area contributed by atoms with Crippen molar-refractivity contribution in [3.8, 4) is 5.75 Å². The molecule has 1 aromatic carbocycles. The van der Waals surface area contributed by atoms with E-state index in [2.05, 4.69) is 10.6 Å². The molecule has 0 aliphatic heterocycles. The maximum absolute atomic E-state index is 12.7. The molecule has 1 aliphatic carbocycles. The van der Waals surface area contributed by atoms with Crippen LogP contribution in [-0.2, 0) is 17.6 Å². The zero-order chi connectivity index (χ0) is 19.9. The largest absolute Gasteiger partial charge is 0.495 e. The number of thiocarbonyl (C=S) groups is 1. The Bertz CT molecular complexity index is 848. The van der Waals surface area contributed by atoms with Crippen LogP contribution in [0.2, 0.25) is 0 Å². The van der Waals surface area contributed by atoms with Crippen molar-refractivity contribution in [3.05, 3.63) is 40.3 Å². The molecule has 0 saturated carbocycles. The number of esters is 1. The van der Waals surface area contributed by atoms with Crippen LogP contribution in [-0.4, -0.2) is 24.8 Å². The summed E-state index contributed by atoms with van der Waals surface area (Å²) in [7, 11) is 1.62. The van der Waals surface area contributed by atoms with Gasteiger partial charge in [0.05, 0.1) is 25.0 Å². The molecule has 1 aliphatic rings. The predicted octanol–water partition coefficient (Wildman–Crippen LogP) is 5.40. The molecule has 0 bridgehead atoms. The molecule has 0 unspecified atom stereocenters. The van der Waals surface area contributed by atoms with Crippen molar-refractivity contribution >= 4 is 45.3 Å². The first-order valence-corrected chi connectivity index (χ1v) is 10.9. The second-order valence-electron chi connectivity index (χ2n) is 6.62. The highest BCUT2D eigenvalue weighted by molar-refractivity contribution is 7.80. The summed E-state index contributed by atoms with van der Waals surface area (Å²) < 4.78 is 10.7. The smallest absolute Gasteiger partial charge is 0.341 e. The molecule has 7 heteroatoms. The van der Waals surface area contributed by atoms with Crippen LogP contribution in [0.1, 0.15) is 53.4 Å². The van der Waals surface area contributed by atoms with Gasteiger partial charge in [-0.15, -0.1) is 11.3 Å². The predicted molar refractivity (Wildman–Crippen MR) is 119 cm³/mol. The molecule has 0 amide bonds. The minimum Gasteiger partial charge on any atom is -0.495 e. The number of ether oxygens (including phenoxy) is 2. The first-order valence-electron chi connectivity index (χ1n) is 9.66. The lowest BCUT2D eigenvalue weighted by molar-refractivity contribution is 0.0526. The molecular weight excluding hydrogens is 392 g/mol. The van der Waals surface area contributed by atoms with Crippen LogP contribution in [0.4, 0.5) is 10.7 Å². The fourth-order valence-corrected chi connectivity index (χ4v) is 4.99. The summed E-state index contributed by atoms with van der Waals surface area (Å²) in [4.78, 5) is 14.0. The summed E-state index contributed by atoms with van der Waals surface area (Å²) in [6, 6.07) is 7.58. The van der Waals surface area contributed by atoms with E-state index in [0.29, 0.717) is 23.0 Å². The molecule has 1 aromatic heterocycles. The monoisotopic (exact) mass is 418 g/mol. The Morgan fingerprint density at radius 1 is 1.14 bits per heavy atom. The third-order valence-corrected chi connectivity index (χ3v) is 6.14. The second-order valence-corrected chi connectivity index (χ2v) is 8.14. The van der Waals surface area contributed by atoms with Gasteiger partial charge >= 0.3 is 5.97 Å². The molecule has 0 fully saturated rings. The van der Waals surface area contributed by atoms with Crippen LogP contribution in [0.25, 0.3) is 0 Å². The number of carbonyl (C=O) groups is 1. The number of fused-ring (bicyclic) bond motifs is 1. The Labute approximate surface area is 175 Å². The van der Waals surface area contributed by atoms with Gasteiger partial charge in [-0.2, -0.15) is 0 Å². The highest BCUT2D eigenvalue weighted by atomic mass is 32.1. The standard InChI is InChI=1S/C21H26N2O3S2/c1-3-26-20(24)18-14-10-6-4-5-7-13-17(14)28-19(18)23-21(27)22-15-11-8-9-12-16(15)25-2/h8-9,11-12H,3-7,10,13H2,1-2H3,(H2,22,23,27). The molecule has 1 heterocycles. The number of hydrogen-bond acceptors (Lipinski definition) is 5. The van der Waals surface area contributed by atoms with Gasteiger partial charge in [0.1, 0.15) is 10.8 Å². The van der Waals surface area contributed by atoms with E-state index in [1.807, 2.05) is 31.2 Å². The lowest BCUT2D eigenvalue weighted by atomic mass is 9.96. The quantitative estimate of drug-likeness (QED) is 0.501. The van der Waals surface area contributed by atoms with Crippen molar-refractivity contribution in [2.75, 3.05) is 24.4 Å². The van der Waals surface area contributed by atoms with Gasteiger partial charge in [-0.25, -0.2) is 4.79 Å². The van der Waals surface area contributed by atoms with Gasteiger partial charge in [0.25, 0.3) is 0 Å². The van der Waals surface area contributed by atoms with Crippen LogP contribution < -0.4 is 15.4 Å². The number of hydrogen-bond donors (Lipinski definition) is 2. The van der Waals surface area contributed by atoms with E-state index in [9.17, 15) is 4.79 Å². The molecule has 150 valence electrons. The molecule has 2 N–H and O–H groups in total. The first-order chi connectivity index (χ1) is 13.6. The number of benzene rings is 1. The van der Waals surface area contributed by atoms with Crippen molar-refractivity contribution in [2.24, 2.45) is 0 Å². The Balaban J connectivity index is 1.86. The van der Waals surface area contributed by atoms with Crippen LogP contribution in [0.3, 0.4) is 0 Å². The zero-order valence-corrected chi connectivity index (χ0v) is 17.9. The average Bonchev–Trinajstić information content (AvgIpc) is 2.98. The number of carbonyl (C=O) groups excluding carboxylic acids is 1. The molecule has 0 atom stereocenters. The zero-order valence-electron chi connectivity index (χ0n) is 16.3. The van der Waals surface area contributed by atoms with Gasteiger partial charge in [0.2, 0.25) is 0 Å². The number of rotatable bonds is 5. The second kappa shape index (κ2) is 9.89. The average molecular weight is 419 g/mol. The van der Waals surface area contributed by atoms with Gasteiger partial charge < -0.3 is 20.1 Å². The Kier molecular flexibility index (Phi) is 7.28. The summed E-state index contributed by atoms with van der Waals surface area (Å²) in [6.07, 6.45) is 6.60. The maximum atomic E-state index is 12.7. The Morgan fingerprint density at radius 2 is 1.89 bits per heavy atom. The SMILES string of the molecule is CCOC(=O)c1c(NC(=S)Nc2ccccc2OC)sc2c1CCCCCC2. The highest BCUT2D eigenvalue weighted by Crippen LogP contribution is 2.38. The summed E-state index contributed by atoms with van der Waals surface area (Å²) in [5, 5.41) is 7.58. The number of nitrogens with one attached hydrogen (secondary N) is 2. The lowest BCUT2D eigenvalue weighted by Gasteiger charge is -2.14. The highest BCUT2D eigenvalue weighted by Gasteiger charge is 2.25. The molecule has 3 rings (SSSR count). The van der Waals surface area contributed by atoms with Crippen LogP contribution in [0.5, 0.6) is 5.75 Å². The van der Waals surface area contributed by atoms with E-state index in [1.54, 1.807) is 18.4 Å². The molecule has 0 spiro atoms. The first kappa shape index (κ1) is 20.6. The van der Waals surface area contributed by atoms with Crippen LogP contribution in [0, 0.1) is 0 Å². The van der Waals surface area contributed by atoms with Gasteiger partial charge in [-0.05, 0) is 62.5 Å². The number of thiophene rings is 1. The summed E-state index contributed by atoms with van der Waals surface area (Å²) in [6.45, 7) is 2.18. The topological polar surface area (TPSA) is 59.6 Å². The third kappa shape index (κ3) is 4.83. The molecule has 0 radical (unpaired) electrons. The third-order valence-electron chi connectivity index (χ3n) is 4.73. The van der Waals surface area contributed by atoms with E-state index in [0.717, 1.165) is 41.9 Å². The number of methoxy groups -OCH3 is 1. The number of aryl methyl sites for hydroxylation is 1. The summed E-state index contributed by atoms with van der Waals surface area (Å²) in [5.74, 6) is 0.430. The van der Waals surface area contributed by atoms with E-state index in [4.69, 9.17) is 21.7 Å². The molecule has 2 aromatic rings. The fraction of sp³-hybridized carbons (Fsp3) is 0.429.